The van der Waals surface area contributed by atoms with Crippen molar-refractivity contribution in [3.05, 3.63) is 131 Å². The molecule has 0 radical (unpaired) electrons. The molecular weight excluding hydrogens is 600 g/mol. The number of aromatic amines is 1. The minimum absolute atomic E-state index is 0.224. The first-order valence-corrected chi connectivity index (χ1v) is 15.9. The Morgan fingerprint density at radius 2 is 1.76 bits per heavy atom. The number of anilines is 1. The van der Waals surface area contributed by atoms with Gasteiger partial charge in [-0.1, -0.05) is 97.6 Å². The highest BCUT2D eigenvalue weighted by Gasteiger charge is 2.30. The average Bonchev–Trinajstić information content (AvgIpc) is 3.50. The number of nitrogens with one attached hydrogen (secondary N) is 2. The summed E-state index contributed by atoms with van der Waals surface area (Å²) in [7, 11) is 0. The lowest BCUT2D eigenvalue weighted by Gasteiger charge is -2.24. The Hall–Kier alpha value is -4.92. The minimum Gasteiger partial charge on any atom is -0.489 e. The number of fused-ring (bicyclic) bond motifs is 2. The van der Waals surface area contributed by atoms with Crippen LogP contribution in [0.25, 0.3) is 10.9 Å². The van der Waals surface area contributed by atoms with Crippen molar-refractivity contribution < 1.29 is 19.2 Å². The van der Waals surface area contributed by atoms with Crippen LogP contribution < -0.4 is 15.3 Å². The number of H-pyrrole nitrogens is 1. The lowest BCUT2D eigenvalue weighted by Crippen LogP contribution is -2.45. The Kier molecular flexibility index (Phi) is 9.76. The molecule has 2 N–H and O–H groups in total. The molecule has 4 aromatic carbocycles. The van der Waals surface area contributed by atoms with Crippen LogP contribution in [0.15, 0.2) is 108 Å². The minimum atomic E-state index is -0.933. The second-order valence-electron chi connectivity index (χ2n) is 11.2. The zero-order valence-corrected chi connectivity index (χ0v) is 26.3. The van der Waals surface area contributed by atoms with Crippen LogP contribution in [0.2, 0.25) is 5.02 Å². The fourth-order valence-corrected chi connectivity index (χ4v) is 5.70. The lowest BCUT2D eigenvalue weighted by atomic mass is 9.98. The maximum atomic E-state index is 13.7. The molecule has 0 saturated carbocycles. The van der Waals surface area contributed by atoms with Crippen molar-refractivity contribution in [3.63, 3.8) is 0 Å². The highest BCUT2D eigenvalue weighted by atomic mass is 35.5. The summed E-state index contributed by atoms with van der Waals surface area (Å²) in [5, 5.41) is 2.72. The first kappa shape index (κ1) is 31.1. The lowest BCUT2D eigenvalue weighted by molar-refractivity contribution is -0.154. The Morgan fingerprint density at radius 1 is 0.978 bits per heavy atom. The molecule has 1 aromatic heterocycles. The quantitative estimate of drug-likeness (QED) is 0.153. The third-order valence-corrected chi connectivity index (χ3v) is 8.18. The molecule has 1 aliphatic heterocycles. The normalized spacial score (nSPS) is 14.9. The summed E-state index contributed by atoms with van der Waals surface area (Å²) < 4.78 is 6.02. The van der Waals surface area contributed by atoms with Crippen LogP contribution in [0.1, 0.15) is 54.9 Å². The van der Waals surface area contributed by atoms with E-state index in [0.717, 1.165) is 46.2 Å². The van der Waals surface area contributed by atoms with Crippen LogP contribution in [0.3, 0.4) is 0 Å². The van der Waals surface area contributed by atoms with Crippen LogP contribution >= 0.6 is 11.6 Å². The monoisotopic (exact) mass is 634 g/mol. The molecular formula is C37H35ClN4O4. The number of carbonyl (C=O) groups excluding carboxylic acids is 2. The number of hydrogen-bond donors (Lipinski definition) is 2. The van der Waals surface area contributed by atoms with Gasteiger partial charge in [-0.2, -0.15) is 0 Å². The van der Waals surface area contributed by atoms with Crippen LogP contribution in [-0.4, -0.2) is 28.6 Å². The van der Waals surface area contributed by atoms with Gasteiger partial charge in [0, 0.05) is 52.2 Å². The molecule has 8 nitrogen and oxygen atoms in total. The molecule has 1 aliphatic rings. The zero-order chi connectivity index (χ0) is 31.9. The van der Waals surface area contributed by atoms with Gasteiger partial charge < -0.3 is 14.6 Å². The second kappa shape index (κ2) is 14.5. The number of carbonyl (C=O) groups is 2. The number of hydrogen-bond acceptors (Lipinski definition) is 6. The van der Waals surface area contributed by atoms with Gasteiger partial charge in [-0.3, -0.25) is 9.79 Å². The summed E-state index contributed by atoms with van der Waals surface area (Å²) in [6.45, 7) is 2.54. The molecule has 5 aromatic rings. The summed E-state index contributed by atoms with van der Waals surface area (Å²) in [5.74, 6) is -0.106. The number of aromatic nitrogens is 1. The van der Waals surface area contributed by atoms with Crippen molar-refractivity contribution in [2.24, 2.45) is 4.99 Å². The van der Waals surface area contributed by atoms with Crippen molar-refractivity contribution >= 4 is 45.8 Å². The summed E-state index contributed by atoms with van der Waals surface area (Å²) in [6, 6.07) is 29.7. The molecule has 1 amide bonds. The molecule has 0 spiro atoms. The predicted octanol–water partition coefficient (Wildman–Crippen LogP) is 7.74. The van der Waals surface area contributed by atoms with E-state index in [-0.39, 0.29) is 18.7 Å². The number of halogens is 1. The average molecular weight is 635 g/mol. The fourth-order valence-electron chi connectivity index (χ4n) is 5.53. The summed E-state index contributed by atoms with van der Waals surface area (Å²) >= 11 is 6.52. The standard InChI is InChI=1S/C37H35ClN4O4/c1-2-3-6-15-35(43)42-34-19-16-28(38)21-31(34)36(26-13-9-5-10-14-26)40-33(37(44)46-41-42)20-27-23-39-32-22-29(17-18-30(27)32)45-24-25-11-7-4-8-12-25/h4-5,7-14,16-19,21-23,33,39,41H,2-3,6,15,20,24H2,1H3/t33-/m0/s1. The predicted molar refractivity (Wildman–Crippen MR) is 181 cm³/mol. The van der Waals surface area contributed by atoms with Crippen molar-refractivity contribution in [2.75, 3.05) is 5.01 Å². The first-order valence-electron chi connectivity index (χ1n) is 15.5. The van der Waals surface area contributed by atoms with E-state index in [2.05, 4.69) is 17.5 Å². The van der Waals surface area contributed by atoms with E-state index in [4.69, 9.17) is 26.2 Å². The maximum Gasteiger partial charge on any atom is 0.351 e. The molecule has 9 heteroatoms. The molecule has 2 heterocycles. The molecule has 234 valence electrons. The van der Waals surface area contributed by atoms with Gasteiger partial charge in [-0.15, -0.1) is 0 Å². The summed E-state index contributed by atoms with van der Waals surface area (Å²) in [6.07, 6.45) is 5.02. The van der Waals surface area contributed by atoms with E-state index in [9.17, 15) is 9.59 Å². The smallest absolute Gasteiger partial charge is 0.351 e. The van der Waals surface area contributed by atoms with E-state index >= 15 is 0 Å². The van der Waals surface area contributed by atoms with Crippen LogP contribution in [0, 0.1) is 0 Å². The number of ether oxygens (including phenoxy) is 1. The third kappa shape index (κ3) is 7.14. The molecule has 0 fully saturated rings. The summed E-state index contributed by atoms with van der Waals surface area (Å²) in [4.78, 5) is 41.1. The molecule has 46 heavy (non-hydrogen) atoms. The molecule has 1 atom stereocenters. The Balaban J connectivity index is 1.35. The van der Waals surface area contributed by atoms with Crippen molar-refractivity contribution in [2.45, 2.75) is 51.7 Å². The van der Waals surface area contributed by atoms with E-state index in [1.165, 1.54) is 5.01 Å². The number of benzene rings is 4. The van der Waals surface area contributed by atoms with E-state index in [1.807, 2.05) is 85.1 Å². The van der Waals surface area contributed by atoms with Crippen molar-refractivity contribution in [3.8, 4) is 5.75 Å². The molecule has 0 bridgehead atoms. The van der Waals surface area contributed by atoms with Gasteiger partial charge in [0.1, 0.15) is 12.4 Å². The molecule has 0 unspecified atom stereocenters. The molecule has 0 aliphatic carbocycles. The Labute approximate surface area is 272 Å². The van der Waals surface area contributed by atoms with Gasteiger partial charge in [0.05, 0.1) is 11.4 Å². The van der Waals surface area contributed by atoms with Gasteiger partial charge in [0.25, 0.3) is 0 Å². The number of nitrogens with zero attached hydrogens (tertiary/aromatic N) is 2. The van der Waals surface area contributed by atoms with Crippen LogP contribution in [0.4, 0.5) is 5.69 Å². The van der Waals surface area contributed by atoms with E-state index < -0.39 is 12.0 Å². The van der Waals surface area contributed by atoms with Gasteiger partial charge in [-0.25, -0.2) is 9.80 Å². The van der Waals surface area contributed by atoms with Crippen molar-refractivity contribution in [1.82, 2.24) is 10.6 Å². The van der Waals surface area contributed by atoms with E-state index in [0.29, 0.717) is 35.0 Å². The largest absolute Gasteiger partial charge is 0.489 e. The van der Waals surface area contributed by atoms with Crippen LogP contribution in [-0.2, 0) is 27.5 Å². The number of aliphatic imine (C=N–C) groups is 1. The maximum absolute atomic E-state index is 13.7. The van der Waals surface area contributed by atoms with Crippen molar-refractivity contribution in [1.29, 1.82) is 0 Å². The van der Waals surface area contributed by atoms with Gasteiger partial charge >= 0.3 is 5.97 Å². The Bertz CT molecular complexity index is 1860. The summed E-state index contributed by atoms with van der Waals surface area (Å²) in [5.41, 5.74) is 7.93. The second-order valence-corrected chi connectivity index (χ2v) is 11.7. The highest BCUT2D eigenvalue weighted by molar-refractivity contribution is 6.31. The Morgan fingerprint density at radius 3 is 2.54 bits per heavy atom. The van der Waals surface area contributed by atoms with Crippen LogP contribution in [0.5, 0.6) is 5.75 Å². The fraction of sp³-hybridized carbons (Fsp3) is 0.216. The highest BCUT2D eigenvalue weighted by Crippen LogP contribution is 2.31. The van der Waals surface area contributed by atoms with E-state index in [1.54, 1.807) is 18.2 Å². The number of amides is 1. The zero-order valence-electron chi connectivity index (χ0n) is 25.5. The van der Waals surface area contributed by atoms with Gasteiger partial charge in [0.15, 0.2) is 6.04 Å². The molecule has 6 rings (SSSR count). The number of rotatable bonds is 10. The number of unbranched alkanes of at least 4 members (excludes halogenated alkanes) is 2. The SMILES string of the molecule is CCCCCC(=O)N1NOC(=O)[C@H](Cc2c[nH]c3cc(OCc4ccccc4)ccc23)N=C(c2ccccc2)c2cc(Cl)ccc21. The topological polar surface area (TPSA) is 96.0 Å². The van der Waals surface area contributed by atoms with Gasteiger partial charge in [-0.05, 0) is 47.9 Å². The van der Waals surface area contributed by atoms with Gasteiger partial charge in [0.2, 0.25) is 5.91 Å². The molecule has 0 saturated heterocycles. The third-order valence-electron chi connectivity index (χ3n) is 7.94. The first-order chi connectivity index (χ1) is 22.5. The number of hydrazine groups is 1.